The summed E-state index contributed by atoms with van der Waals surface area (Å²) in [6.45, 7) is 7.78. The fraction of sp³-hybridized carbons (Fsp3) is 0.480. The number of hydrogen-bond donors (Lipinski definition) is 0. The Kier molecular flexibility index (Phi) is 7.45. The lowest BCUT2D eigenvalue weighted by Crippen LogP contribution is -2.51. The molecule has 4 rings (SSSR count). The average molecular weight is 461 g/mol. The minimum atomic E-state index is -0.641. The maximum Gasteiger partial charge on any atom is 0.253 e. The number of nitrogens with zero attached hydrogens (tertiary/aromatic N) is 2. The number of hydrogen-bond acceptors (Lipinski definition) is 5. The molecule has 2 aliphatic heterocycles. The summed E-state index contributed by atoms with van der Waals surface area (Å²) in [5, 5.41) is 0. The minimum absolute atomic E-state index is 0.0946. The first-order valence-corrected chi connectivity index (χ1v) is 11.3. The molecule has 1 atom stereocenters. The first kappa shape index (κ1) is 23.4. The molecule has 2 aromatic rings. The van der Waals surface area contributed by atoms with Gasteiger partial charge in [-0.2, -0.15) is 0 Å². The van der Waals surface area contributed by atoms with Crippen LogP contribution in [0.2, 0.25) is 0 Å². The monoisotopic (exact) mass is 460 g/mol. The summed E-state index contributed by atoms with van der Waals surface area (Å²) in [4.78, 5) is 17.2. The van der Waals surface area contributed by atoms with E-state index in [1.165, 1.54) is 12.1 Å². The Labute approximate surface area is 193 Å². The van der Waals surface area contributed by atoms with Crippen LogP contribution in [0.4, 0.5) is 8.78 Å². The van der Waals surface area contributed by atoms with E-state index in [1.54, 1.807) is 0 Å². The van der Waals surface area contributed by atoms with Crippen LogP contribution in [-0.4, -0.2) is 61.3 Å². The number of halogens is 2. The Balaban J connectivity index is 1.44. The quantitative estimate of drug-likeness (QED) is 0.632. The molecule has 8 heteroatoms. The van der Waals surface area contributed by atoms with Gasteiger partial charge in [0.2, 0.25) is 0 Å². The molecule has 0 saturated carbocycles. The maximum absolute atomic E-state index is 14.1. The van der Waals surface area contributed by atoms with Crippen LogP contribution in [-0.2, 0) is 22.6 Å². The van der Waals surface area contributed by atoms with Crippen molar-refractivity contribution in [2.24, 2.45) is 5.92 Å². The number of carbonyl (C=O) groups is 1. The third-order valence-electron chi connectivity index (χ3n) is 5.71. The normalized spacial score (nSPS) is 18.4. The lowest BCUT2D eigenvalue weighted by atomic mass is 10.1. The molecule has 1 fully saturated rings. The third-order valence-corrected chi connectivity index (χ3v) is 5.71. The molecule has 0 bridgehead atoms. The van der Waals surface area contributed by atoms with Crippen molar-refractivity contribution in [3.05, 3.63) is 59.2 Å². The SMILES string of the molecule is CC(C)CN(Cc1ccc2c(c1)OCCO2)C(=O)C1CN(Cc2ccc(F)cc2F)CCO1. The summed E-state index contributed by atoms with van der Waals surface area (Å²) in [5.74, 6) is 0.407. The molecule has 33 heavy (non-hydrogen) atoms. The molecule has 178 valence electrons. The van der Waals surface area contributed by atoms with E-state index in [1.807, 2.05) is 28.0 Å². The molecule has 1 amide bonds. The number of ether oxygens (including phenoxy) is 3. The molecular formula is C25H30F2N2O4. The van der Waals surface area contributed by atoms with Gasteiger partial charge in [-0.3, -0.25) is 9.69 Å². The molecule has 2 aromatic carbocycles. The zero-order valence-electron chi connectivity index (χ0n) is 19.1. The van der Waals surface area contributed by atoms with E-state index in [2.05, 4.69) is 13.8 Å². The van der Waals surface area contributed by atoms with Crippen molar-refractivity contribution in [2.75, 3.05) is 39.5 Å². The lowest BCUT2D eigenvalue weighted by molar-refractivity contribution is -0.151. The number of benzene rings is 2. The highest BCUT2D eigenvalue weighted by Crippen LogP contribution is 2.31. The molecule has 0 spiro atoms. The standard InChI is InChI=1S/C25H30F2N2O4/c1-17(2)13-29(14-18-3-6-22-23(11-18)33-10-9-32-22)25(30)24-16-28(7-8-31-24)15-19-4-5-20(26)12-21(19)27/h3-6,11-12,17,24H,7-10,13-16H2,1-2H3. The molecule has 6 nitrogen and oxygen atoms in total. The van der Waals surface area contributed by atoms with E-state index >= 15 is 0 Å². The van der Waals surface area contributed by atoms with Gasteiger partial charge in [-0.15, -0.1) is 0 Å². The van der Waals surface area contributed by atoms with Crippen molar-refractivity contribution in [3.8, 4) is 11.5 Å². The lowest BCUT2D eigenvalue weighted by Gasteiger charge is -2.35. The molecule has 2 heterocycles. The number of rotatable bonds is 7. The van der Waals surface area contributed by atoms with Gasteiger partial charge in [0.05, 0.1) is 6.61 Å². The predicted octanol–water partition coefficient (Wildman–Crippen LogP) is 3.62. The summed E-state index contributed by atoms with van der Waals surface area (Å²) in [6.07, 6.45) is -0.641. The molecule has 0 aliphatic carbocycles. The van der Waals surface area contributed by atoms with E-state index in [9.17, 15) is 13.6 Å². The van der Waals surface area contributed by atoms with Crippen LogP contribution in [0.1, 0.15) is 25.0 Å². The molecule has 2 aliphatic rings. The summed E-state index contributed by atoms with van der Waals surface area (Å²) in [5.41, 5.74) is 1.36. The smallest absolute Gasteiger partial charge is 0.253 e. The van der Waals surface area contributed by atoms with Gasteiger partial charge in [-0.25, -0.2) is 8.78 Å². The van der Waals surface area contributed by atoms with E-state index in [0.29, 0.717) is 69.6 Å². The predicted molar refractivity (Wildman–Crippen MR) is 119 cm³/mol. The topological polar surface area (TPSA) is 51.2 Å². The maximum atomic E-state index is 14.1. The fourth-order valence-corrected chi connectivity index (χ4v) is 4.17. The summed E-state index contributed by atoms with van der Waals surface area (Å²) < 4.78 is 44.4. The summed E-state index contributed by atoms with van der Waals surface area (Å²) in [6, 6.07) is 9.32. The van der Waals surface area contributed by atoms with Gasteiger partial charge in [0.15, 0.2) is 11.5 Å². The Morgan fingerprint density at radius 1 is 1.09 bits per heavy atom. The Hall–Kier alpha value is -2.71. The highest BCUT2D eigenvalue weighted by molar-refractivity contribution is 5.81. The Bertz CT molecular complexity index is 985. The van der Waals surface area contributed by atoms with Crippen molar-refractivity contribution >= 4 is 5.91 Å². The largest absolute Gasteiger partial charge is 0.486 e. The first-order valence-electron chi connectivity index (χ1n) is 11.3. The van der Waals surface area contributed by atoms with Crippen molar-refractivity contribution in [3.63, 3.8) is 0 Å². The van der Waals surface area contributed by atoms with Crippen LogP contribution in [0.15, 0.2) is 36.4 Å². The molecule has 0 aromatic heterocycles. The first-order chi connectivity index (χ1) is 15.9. The van der Waals surface area contributed by atoms with Crippen LogP contribution >= 0.6 is 0 Å². The van der Waals surface area contributed by atoms with Crippen molar-refractivity contribution in [1.29, 1.82) is 0 Å². The van der Waals surface area contributed by atoms with Crippen molar-refractivity contribution < 1.29 is 27.8 Å². The third kappa shape index (κ3) is 6.00. The van der Waals surface area contributed by atoms with E-state index in [0.717, 1.165) is 11.6 Å². The van der Waals surface area contributed by atoms with Gasteiger partial charge in [-0.1, -0.05) is 26.0 Å². The summed E-state index contributed by atoms with van der Waals surface area (Å²) in [7, 11) is 0. The van der Waals surface area contributed by atoms with Crippen LogP contribution in [0.25, 0.3) is 0 Å². The average Bonchev–Trinajstić information content (AvgIpc) is 2.80. The number of morpholine rings is 1. The zero-order chi connectivity index (χ0) is 23.4. The summed E-state index contributed by atoms with van der Waals surface area (Å²) >= 11 is 0. The minimum Gasteiger partial charge on any atom is -0.486 e. The van der Waals surface area contributed by atoms with Crippen LogP contribution < -0.4 is 9.47 Å². The van der Waals surface area contributed by atoms with Crippen LogP contribution in [0, 0.1) is 17.6 Å². The zero-order valence-corrected chi connectivity index (χ0v) is 19.1. The highest BCUT2D eigenvalue weighted by Gasteiger charge is 2.31. The molecule has 1 unspecified atom stereocenters. The molecule has 0 radical (unpaired) electrons. The number of fused-ring (bicyclic) bond motifs is 1. The van der Waals surface area contributed by atoms with Gasteiger partial charge in [0.25, 0.3) is 5.91 Å². The van der Waals surface area contributed by atoms with E-state index < -0.39 is 17.7 Å². The van der Waals surface area contributed by atoms with Gasteiger partial charge in [0, 0.05) is 44.4 Å². The Morgan fingerprint density at radius 3 is 2.64 bits per heavy atom. The van der Waals surface area contributed by atoms with Crippen molar-refractivity contribution in [2.45, 2.75) is 33.0 Å². The second-order valence-corrected chi connectivity index (χ2v) is 8.92. The van der Waals surface area contributed by atoms with E-state index in [-0.39, 0.29) is 11.8 Å². The van der Waals surface area contributed by atoms with Gasteiger partial charge in [0.1, 0.15) is 31.0 Å². The fourth-order valence-electron chi connectivity index (χ4n) is 4.17. The van der Waals surface area contributed by atoms with Gasteiger partial charge >= 0.3 is 0 Å². The molecular weight excluding hydrogens is 430 g/mol. The highest BCUT2D eigenvalue weighted by atomic mass is 19.1. The van der Waals surface area contributed by atoms with Gasteiger partial charge in [-0.05, 0) is 29.7 Å². The molecule has 1 saturated heterocycles. The van der Waals surface area contributed by atoms with Crippen LogP contribution in [0.3, 0.4) is 0 Å². The van der Waals surface area contributed by atoms with Crippen LogP contribution in [0.5, 0.6) is 11.5 Å². The van der Waals surface area contributed by atoms with E-state index in [4.69, 9.17) is 14.2 Å². The van der Waals surface area contributed by atoms with Crippen molar-refractivity contribution in [1.82, 2.24) is 9.80 Å². The molecule has 0 N–H and O–H groups in total. The second kappa shape index (κ2) is 10.5. The number of amides is 1. The van der Waals surface area contributed by atoms with Gasteiger partial charge < -0.3 is 19.1 Å². The second-order valence-electron chi connectivity index (χ2n) is 8.92. The Morgan fingerprint density at radius 2 is 1.88 bits per heavy atom. The number of carbonyl (C=O) groups excluding carboxylic acids is 1.